The Bertz CT molecular complexity index is 499. The summed E-state index contributed by atoms with van der Waals surface area (Å²) in [5.41, 5.74) is 0.469. The van der Waals surface area contributed by atoms with Gasteiger partial charge in [0, 0.05) is 12.6 Å². The summed E-state index contributed by atoms with van der Waals surface area (Å²) in [5.74, 6) is -0.430. The molecule has 1 aromatic carbocycles. The normalized spacial score (nSPS) is 16.0. The van der Waals surface area contributed by atoms with Gasteiger partial charge in [-0.25, -0.2) is 4.39 Å². The van der Waals surface area contributed by atoms with Crippen LogP contribution in [0.15, 0.2) is 24.3 Å². The number of benzene rings is 1. The number of nitrogens with zero attached hydrogens (tertiary/aromatic N) is 1. The van der Waals surface area contributed by atoms with Crippen LogP contribution in [-0.4, -0.2) is 49.4 Å². The molecule has 2 N–H and O–H groups in total. The van der Waals surface area contributed by atoms with E-state index in [1.165, 1.54) is 12.1 Å². The van der Waals surface area contributed by atoms with Crippen LogP contribution in [0.1, 0.15) is 6.92 Å². The minimum absolute atomic E-state index is 0.0771. The van der Waals surface area contributed by atoms with Crippen molar-refractivity contribution in [2.75, 3.05) is 38.0 Å². The van der Waals surface area contributed by atoms with E-state index in [0.29, 0.717) is 25.3 Å². The number of amides is 2. The molecule has 0 atom stereocenters. The maximum atomic E-state index is 13.0. The van der Waals surface area contributed by atoms with Crippen molar-refractivity contribution in [2.45, 2.75) is 6.92 Å². The molecule has 2 rings (SSSR count). The Morgan fingerprint density at radius 1 is 1.35 bits per heavy atom. The summed E-state index contributed by atoms with van der Waals surface area (Å²) < 4.78 is 13.0. The van der Waals surface area contributed by atoms with Gasteiger partial charge in [-0.05, 0) is 18.2 Å². The number of hydrogen-bond acceptors (Lipinski definition) is 2. The number of piperazine rings is 1. The van der Waals surface area contributed by atoms with Crippen molar-refractivity contribution in [1.82, 2.24) is 4.90 Å². The van der Waals surface area contributed by atoms with E-state index in [-0.39, 0.29) is 17.6 Å². The number of hydrogen-bond donors (Lipinski definition) is 2. The first-order valence-electron chi connectivity index (χ1n) is 6.69. The Balaban J connectivity index is 1.80. The highest BCUT2D eigenvalue weighted by Crippen LogP contribution is 2.08. The first-order chi connectivity index (χ1) is 9.54. The Hall–Kier alpha value is -1.95. The van der Waals surface area contributed by atoms with E-state index in [9.17, 15) is 14.0 Å². The summed E-state index contributed by atoms with van der Waals surface area (Å²) in [5, 5.41) is 2.68. The van der Waals surface area contributed by atoms with E-state index in [4.69, 9.17) is 0 Å². The van der Waals surface area contributed by atoms with Gasteiger partial charge in [0.05, 0.1) is 26.2 Å². The van der Waals surface area contributed by atoms with E-state index in [1.807, 2.05) is 0 Å². The molecule has 1 saturated heterocycles. The number of carbonyl (C=O) groups is 2. The molecule has 0 aromatic heterocycles. The van der Waals surface area contributed by atoms with E-state index in [2.05, 4.69) is 5.32 Å². The van der Waals surface area contributed by atoms with Crippen molar-refractivity contribution in [3.63, 3.8) is 0 Å². The minimum Gasteiger partial charge on any atom is -0.332 e. The van der Waals surface area contributed by atoms with Gasteiger partial charge >= 0.3 is 0 Å². The Labute approximate surface area is 117 Å². The highest BCUT2D eigenvalue weighted by atomic mass is 19.1. The number of nitrogens with one attached hydrogen (secondary N) is 2. The molecule has 6 heteroatoms. The zero-order chi connectivity index (χ0) is 14.5. The third-order valence-corrected chi connectivity index (χ3v) is 3.43. The molecule has 0 spiro atoms. The van der Waals surface area contributed by atoms with Gasteiger partial charge < -0.3 is 15.1 Å². The molecule has 108 valence electrons. The molecular formula is C14H19FN3O2+. The summed E-state index contributed by atoms with van der Waals surface area (Å²) in [7, 11) is 0. The number of rotatable bonds is 3. The predicted octanol–water partition coefficient (Wildman–Crippen LogP) is -0.489. The van der Waals surface area contributed by atoms with Crippen molar-refractivity contribution in [3.8, 4) is 0 Å². The Morgan fingerprint density at radius 3 is 2.65 bits per heavy atom. The number of quaternary nitrogens is 1. The topological polar surface area (TPSA) is 53.9 Å². The first-order valence-corrected chi connectivity index (χ1v) is 6.69. The van der Waals surface area contributed by atoms with Gasteiger partial charge in [0.15, 0.2) is 6.54 Å². The van der Waals surface area contributed by atoms with Crippen molar-refractivity contribution >= 4 is 17.5 Å². The summed E-state index contributed by atoms with van der Waals surface area (Å²) in [6.07, 6.45) is 0. The molecule has 1 aliphatic heterocycles. The zero-order valence-electron chi connectivity index (χ0n) is 11.5. The number of anilines is 1. The number of carbonyl (C=O) groups excluding carboxylic acids is 2. The Kier molecular flexibility index (Phi) is 4.68. The molecule has 0 aliphatic carbocycles. The van der Waals surface area contributed by atoms with Crippen molar-refractivity contribution < 1.29 is 18.9 Å². The quantitative estimate of drug-likeness (QED) is 0.785. The second-order valence-electron chi connectivity index (χ2n) is 4.99. The van der Waals surface area contributed by atoms with Gasteiger partial charge in [-0.15, -0.1) is 0 Å². The largest absolute Gasteiger partial charge is 0.332 e. The molecule has 0 bridgehead atoms. The fourth-order valence-electron chi connectivity index (χ4n) is 2.31. The van der Waals surface area contributed by atoms with Crippen LogP contribution >= 0.6 is 0 Å². The molecule has 0 radical (unpaired) electrons. The standard InChI is InChI=1S/C14H18FN3O2/c1-11(19)18-7-5-17(6-8-18)10-14(20)16-13-4-2-3-12(15)9-13/h2-4,9H,5-8,10H2,1H3,(H,16,20)/p+1. The summed E-state index contributed by atoms with van der Waals surface area (Å²) in [4.78, 5) is 26.0. The van der Waals surface area contributed by atoms with Crippen LogP contribution in [0, 0.1) is 5.82 Å². The van der Waals surface area contributed by atoms with Crippen molar-refractivity contribution in [3.05, 3.63) is 30.1 Å². The third kappa shape index (κ3) is 4.03. The van der Waals surface area contributed by atoms with E-state index in [0.717, 1.165) is 18.0 Å². The lowest BCUT2D eigenvalue weighted by Gasteiger charge is -2.31. The van der Waals surface area contributed by atoms with Crippen LogP contribution in [0.5, 0.6) is 0 Å². The lowest BCUT2D eigenvalue weighted by atomic mass is 10.3. The minimum atomic E-state index is -0.370. The maximum absolute atomic E-state index is 13.0. The van der Waals surface area contributed by atoms with Gasteiger partial charge in [-0.1, -0.05) is 6.07 Å². The summed E-state index contributed by atoms with van der Waals surface area (Å²) >= 11 is 0. The monoisotopic (exact) mass is 280 g/mol. The number of halogens is 1. The van der Waals surface area contributed by atoms with Gasteiger partial charge in [0.2, 0.25) is 5.91 Å². The van der Waals surface area contributed by atoms with E-state index < -0.39 is 0 Å². The summed E-state index contributed by atoms with van der Waals surface area (Å²) in [6, 6.07) is 5.84. The molecule has 0 unspecified atom stereocenters. The van der Waals surface area contributed by atoms with Crippen LogP contribution in [0.3, 0.4) is 0 Å². The van der Waals surface area contributed by atoms with Crippen LogP contribution in [-0.2, 0) is 9.59 Å². The summed E-state index contributed by atoms with van der Waals surface area (Å²) in [6.45, 7) is 4.77. The fraction of sp³-hybridized carbons (Fsp3) is 0.429. The lowest BCUT2D eigenvalue weighted by Crippen LogP contribution is -3.15. The van der Waals surface area contributed by atoms with E-state index >= 15 is 0 Å². The average molecular weight is 280 g/mol. The highest BCUT2D eigenvalue weighted by Gasteiger charge is 2.23. The molecule has 2 amide bonds. The molecule has 20 heavy (non-hydrogen) atoms. The van der Waals surface area contributed by atoms with Gasteiger partial charge in [-0.2, -0.15) is 0 Å². The van der Waals surface area contributed by atoms with Crippen molar-refractivity contribution in [1.29, 1.82) is 0 Å². The second-order valence-corrected chi connectivity index (χ2v) is 4.99. The maximum Gasteiger partial charge on any atom is 0.279 e. The zero-order valence-corrected chi connectivity index (χ0v) is 11.5. The van der Waals surface area contributed by atoms with E-state index in [1.54, 1.807) is 24.0 Å². The first kappa shape index (κ1) is 14.5. The highest BCUT2D eigenvalue weighted by molar-refractivity contribution is 5.91. The molecule has 1 aliphatic rings. The van der Waals surface area contributed by atoms with Crippen LogP contribution in [0.2, 0.25) is 0 Å². The van der Waals surface area contributed by atoms with Gasteiger partial charge in [0.25, 0.3) is 5.91 Å². The second kappa shape index (κ2) is 6.47. The SMILES string of the molecule is CC(=O)N1CC[NH+](CC(=O)Nc2cccc(F)c2)CC1. The molecule has 5 nitrogen and oxygen atoms in total. The van der Waals surface area contributed by atoms with Crippen LogP contribution in [0.25, 0.3) is 0 Å². The molecular weight excluding hydrogens is 261 g/mol. The van der Waals surface area contributed by atoms with Gasteiger partial charge in [0.1, 0.15) is 5.82 Å². The Morgan fingerprint density at radius 2 is 2.05 bits per heavy atom. The lowest BCUT2D eigenvalue weighted by molar-refractivity contribution is -0.895. The average Bonchev–Trinajstić information content (AvgIpc) is 2.39. The third-order valence-electron chi connectivity index (χ3n) is 3.43. The predicted molar refractivity (Wildman–Crippen MR) is 72.8 cm³/mol. The fourth-order valence-corrected chi connectivity index (χ4v) is 2.31. The van der Waals surface area contributed by atoms with Crippen LogP contribution < -0.4 is 10.2 Å². The van der Waals surface area contributed by atoms with Gasteiger partial charge in [-0.3, -0.25) is 9.59 Å². The van der Waals surface area contributed by atoms with Crippen LogP contribution in [0.4, 0.5) is 10.1 Å². The molecule has 0 saturated carbocycles. The van der Waals surface area contributed by atoms with Crippen molar-refractivity contribution in [2.24, 2.45) is 0 Å². The smallest absolute Gasteiger partial charge is 0.279 e. The molecule has 1 aromatic rings. The molecule has 1 fully saturated rings. The molecule has 1 heterocycles.